The molecule has 4 heterocycles. The van der Waals surface area contributed by atoms with E-state index in [1.54, 1.807) is 6.07 Å². The lowest BCUT2D eigenvalue weighted by molar-refractivity contribution is 0.102. The van der Waals surface area contributed by atoms with Crippen LogP contribution in [0.1, 0.15) is 16.2 Å². The molecule has 0 saturated heterocycles. The van der Waals surface area contributed by atoms with Crippen LogP contribution in [0.2, 0.25) is 0 Å². The molecule has 0 aliphatic rings. The van der Waals surface area contributed by atoms with Crippen LogP contribution in [0.5, 0.6) is 0 Å². The Kier molecular flexibility index (Phi) is 3.57. The summed E-state index contributed by atoms with van der Waals surface area (Å²) in [6.45, 7) is 1.88. The van der Waals surface area contributed by atoms with Crippen LogP contribution in [0.3, 0.4) is 0 Å². The van der Waals surface area contributed by atoms with Gasteiger partial charge in [-0.25, -0.2) is 9.97 Å². The molecule has 25 heavy (non-hydrogen) atoms. The molecule has 6 nitrogen and oxygen atoms in total. The quantitative estimate of drug-likeness (QED) is 0.626. The smallest absolute Gasteiger partial charge is 0.277 e. The molecule has 0 unspecified atom stereocenters. The molecule has 0 fully saturated rings. The number of hydrogen-bond acceptors (Lipinski definition) is 3. The molecule has 4 aromatic heterocycles. The second-order valence-electron chi connectivity index (χ2n) is 5.92. The van der Waals surface area contributed by atoms with Gasteiger partial charge in [0.15, 0.2) is 5.69 Å². The van der Waals surface area contributed by atoms with Crippen molar-refractivity contribution in [3.05, 3.63) is 72.4 Å². The van der Waals surface area contributed by atoms with Gasteiger partial charge in [0.1, 0.15) is 11.6 Å². The van der Waals surface area contributed by atoms with Gasteiger partial charge in [-0.2, -0.15) is 0 Å². The third-order valence-electron chi connectivity index (χ3n) is 3.98. The van der Waals surface area contributed by atoms with Gasteiger partial charge in [-0.3, -0.25) is 9.20 Å². The Hall–Kier alpha value is -3.41. The van der Waals surface area contributed by atoms with Crippen molar-refractivity contribution in [3.63, 3.8) is 0 Å². The minimum absolute atomic E-state index is 0.274. The van der Waals surface area contributed by atoms with E-state index in [1.807, 2.05) is 77.9 Å². The summed E-state index contributed by atoms with van der Waals surface area (Å²) in [5, 5.41) is 2.83. The van der Waals surface area contributed by atoms with E-state index in [1.165, 1.54) is 0 Å². The molecule has 1 amide bonds. The zero-order valence-corrected chi connectivity index (χ0v) is 14.0. The number of pyridine rings is 2. The highest BCUT2D eigenvalue weighted by Crippen LogP contribution is 2.23. The van der Waals surface area contributed by atoms with Crippen molar-refractivity contribution in [2.45, 2.75) is 6.92 Å². The van der Waals surface area contributed by atoms with Crippen molar-refractivity contribution in [2.24, 2.45) is 7.05 Å². The summed E-state index contributed by atoms with van der Waals surface area (Å²) in [6.07, 6.45) is 5.84. The molecule has 0 saturated carbocycles. The van der Waals surface area contributed by atoms with Gasteiger partial charge in [-0.15, -0.1) is 0 Å². The number of amides is 1. The Morgan fingerprint density at radius 1 is 1.04 bits per heavy atom. The summed E-state index contributed by atoms with van der Waals surface area (Å²) in [5.41, 5.74) is 2.93. The highest BCUT2D eigenvalue weighted by Gasteiger charge is 2.19. The number of anilines is 1. The van der Waals surface area contributed by atoms with E-state index < -0.39 is 0 Å². The number of fused-ring (bicyclic) bond motifs is 1. The average molecular weight is 331 g/mol. The Morgan fingerprint density at radius 2 is 1.92 bits per heavy atom. The second kappa shape index (κ2) is 5.90. The zero-order chi connectivity index (χ0) is 17.4. The molecule has 1 N–H and O–H groups in total. The normalized spacial score (nSPS) is 11.0. The predicted molar refractivity (Wildman–Crippen MR) is 96.5 cm³/mol. The monoisotopic (exact) mass is 331 g/mol. The number of carbonyl (C=O) groups is 1. The third-order valence-corrected chi connectivity index (χ3v) is 3.98. The van der Waals surface area contributed by atoms with Crippen molar-refractivity contribution in [1.29, 1.82) is 0 Å². The number of imidazole rings is 1. The van der Waals surface area contributed by atoms with Gasteiger partial charge in [0.05, 0.1) is 5.52 Å². The number of nitrogens with zero attached hydrogens (tertiary/aromatic N) is 4. The molecule has 0 radical (unpaired) electrons. The maximum atomic E-state index is 12.8. The van der Waals surface area contributed by atoms with E-state index in [0.717, 1.165) is 22.6 Å². The van der Waals surface area contributed by atoms with Gasteiger partial charge in [0.2, 0.25) is 0 Å². The summed E-state index contributed by atoms with van der Waals surface area (Å²) < 4.78 is 3.88. The maximum Gasteiger partial charge on any atom is 0.277 e. The molecule has 0 aliphatic carbocycles. The minimum Gasteiger partial charge on any atom is -0.357 e. The summed E-state index contributed by atoms with van der Waals surface area (Å²) in [5.74, 6) is 0.978. The molecule has 0 bridgehead atoms. The number of rotatable bonds is 3. The number of nitrogens with one attached hydrogen (secondary N) is 1. The Bertz CT molecular complexity index is 1080. The average Bonchev–Trinajstić information content (AvgIpc) is 3.18. The number of aryl methyl sites for hydroxylation is 2. The molecule has 4 aromatic rings. The lowest BCUT2D eigenvalue weighted by atomic mass is 10.3. The largest absolute Gasteiger partial charge is 0.357 e. The van der Waals surface area contributed by atoms with Crippen LogP contribution in [0, 0.1) is 6.92 Å². The zero-order valence-electron chi connectivity index (χ0n) is 14.0. The van der Waals surface area contributed by atoms with Gasteiger partial charge in [0.25, 0.3) is 5.91 Å². The predicted octanol–water partition coefficient (Wildman–Crippen LogP) is 3.30. The van der Waals surface area contributed by atoms with Crippen molar-refractivity contribution < 1.29 is 4.79 Å². The van der Waals surface area contributed by atoms with Crippen LogP contribution in [0.25, 0.3) is 16.9 Å². The summed E-state index contributed by atoms with van der Waals surface area (Å²) >= 11 is 0. The first-order valence-corrected chi connectivity index (χ1v) is 7.96. The molecule has 6 heteroatoms. The highest BCUT2D eigenvalue weighted by atomic mass is 16.2. The van der Waals surface area contributed by atoms with E-state index in [9.17, 15) is 4.79 Å². The van der Waals surface area contributed by atoms with Crippen molar-refractivity contribution in [1.82, 2.24) is 18.9 Å². The van der Waals surface area contributed by atoms with Gasteiger partial charge < -0.3 is 9.88 Å². The molecule has 0 spiro atoms. The topological polar surface area (TPSA) is 64.2 Å². The van der Waals surface area contributed by atoms with E-state index in [2.05, 4.69) is 15.3 Å². The lowest BCUT2D eigenvalue weighted by Crippen LogP contribution is -2.14. The Balaban J connectivity index is 1.78. The molecule has 0 aliphatic heterocycles. The third kappa shape index (κ3) is 2.78. The molecule has 0 atom stereocenters. The van der Waals surface area contributed by atoms with Crippen LogP contribution >= 0.6 is 0 Å². The van der Waals surface area contributed by atoms with Crippen molar-refractivity contribution in [3.8, 4) is 11.4 Å². The van der Waals surface area contributed by atoms with Crippen LogP contribution in [0.4, 0.5) is 5.82 Å². The second-order valence-corrected chi connectivity index (χ2v) is 5.92. The number of aromatic nitrogens is 4. The van der Waals surface area contributed by atoms with Crippen molar-refractivity contribution in [2.75, 3.05) is 5.32 Å². The van der Waals surface area contributed by atoms with E-state index >= 15 is 0 Å². The van der Waals surface area contributed by atoms with E-state index in [0.29, 0.717) is 11.5 Å². The summed E-state index contributed by atoms with van der Waals surface area (Å²) in [4.78, 5) is 21.7. The van der Waals surface area contributed by atoms with Gasteiger partial charge >= 0.3 is 0 Å². The van der Waals surface area contributed by atoms with Crippen LogP contribution in [0.15, 0.2) is 61.1 Å². The summed E-state index contributed by atoms with van der Waals surface area (Å²) in [7, 11) is 1.95. The first-order chi connectivity index (χ1) is 12.1. The first kappa shape index (κ1) is 15.1. The van der Waals surface area contributed by atoms with E-state index in [-0.39, 0.29) is 5.91 Å². The summed E-state index contributed by atoms with van der Waals surface area (Å²) in [6, 6.07) is 13.2. The molecule has 4 rings (SSSR count). The van der Waals surface area contributed by atoms with Crippen molar-refractivity contribution >= 4 is 17.2 Å². The number of carbonyl (C=O) groups excluding carboxylic acids is 1. The minimum atomic E-state index is -0.274. The Morgan fingerprint density at radius 3 is 2.68 bits per heavy atom. The SMILES string of the molecule is Cc1cccc(NC(=O)c2nc(-c3ccn(C)c3)n3ccccc23)n1. The lowest BCUT2D eigenvalue weighted by Gasteiger charge is -2.03. The number of hydrogen-bond donors (Lipinski definition) is 1. The van der Waals surface area contributed by atoms with Gasteiger partial charge in [-0.05, 0) is 37.3 Å². The molecule has 0 aromatic carbocycles. The van der Waals surface area contributed by atoms with Crippen LogP contribution in [-0.4, -0.2) is 24.8 Å². The Labute approximate surface area is 144 Å². The highest BCUT2D eigenvalue weighted by molar-refractivity contribution is 6.07. The fraction of sp³-hybridized carbons (Fsp3) is 0.105. The van der Waals surface area contributed by atoms with Gasteiger partial charge in [-0.1, -0.05) is 12.1 Å². The van der Waals surface area contributed by atoms with Crippen LogP contribution in [-0.2, 0) is 7.05 Å². The van der Waals surface area contributed by atoms with Crippen LogP contribution < -0.4 is 5.32 Å². The maximum absolute atomic E-state index is 12.8. The fourth-order valence-electron chi connectivity index (χ4n) is 2.83. The fourth-order valence-corrected chi connectivity index (χ4v) is 2.83. The first-order valence-electron chi connectivity index (χ1n) is 7.96. The van der Waals surface area contributed by atoms with E-state index in [4.69, 9.17) is 0 Å². The molecular weight excluding hydrogens is 314 g/mol. The molecular formula is C19H17N5O. The standard InChI is InChI=1S/C19H17N5O/c1-13-6-5-8-16(20-13)21-19(25)17-15-7-3-4-10-24(15)18(22-17)14-9-11-23(2)12-14/h3-12H,1-2H3,(H,20,21,25). The van der Waals surface area contributed by atoms with Gasteiger partial charge in [0, 0.05) is 36.9 Å². The molecule has 124 valence electrons.